The molecule has 0 spiro atoms. The van der Waals surface area contributed by atoms with Crippen molar-refractivity contribution in [2.75, 3.05) is 6.61 Å². The number of carbonyl (C=O) groups excluding carboxylic acids is 2. The van der Waals surface area contributed by atoms with E-state index in [0.29, 0.717) is 6.42 Å². The van der Waals surface area contributed by atoms with Gasteiger partial charge in [0.05, 0.1) is 0 Å². The van der Waals surface area contributed by atoms with E-state index in [1.165, 1.54) is 0 Å². The Morgan fingerprint density at radius 3 is 2.24 bits per heavy atom. The highest BCUT2D eigenvalue weighted by Gasteiger charge is 2.40. The predicted molar refractivity (Wildman–Crippen MR) is 72.9 cm³/mol. The van der Waals surface area contributed by atoms with E-state index in [-0.39, 0.29) is 0 Å². The Kier molecular flexibility index (Phi) is 6.10. The van der Waals surface area contributed by atoms with Crippen LogP contribution in [-0.4, -0.2) is 30.6 Å². The van der Waals surface area contributed by atoms with Gasteiger partial charge in [-0.1, -0.05) is 13.3 Å². The lowest BCUT2D eigenvalue weighted by atomic mass is 9.83. The van der Waals surface area contributed by atoms with Crippen LogP contribution >= 0.6 is 0 Å². The van der Waals surface area contributed by atoms with E-state index < -0.39 is 36.0 Å². The molecule has 0 heterocycles. The Labute approximate surface area is 124 Å². The number of hydrogen-bond acceptors (Lipinski definition) is 4. The fraction of sp³-hybridized carbons (Fsp3) is 0.867. The van der Waals surface area contributed by atoms with E-state index >= 15 is 0 Å². The minimum Gasteiger partial charge on any atom is -0.457 e. The van der Waals surface area contributed by atoms with Crippen molar-refractivity contribution in [1.29, 1.82) is 0 Å². The van der Waals surface area contributed by atoms with Crippen molar-refractivity contribution in [3.05, 3.63) is 0 Å². The summed E-state index contributed by atoms with van der Waals surface area (Å²) >= 11 is 0. The molecular formula is C15H24F2O4. The molecule has 0 aromatic heterocycles. The molecule has 0 aromatic carbocycles. The summed E-state index contributed by atoms with van der Waals surface area (Å²) in [4.78, 5) is 23.3. The highest BCUT2D eigenvalue weighted by Crippen LogP contribution is 2.34. The zero-order valence-electron chi connectivity index (χ0n) is 12.9. The molecular weight excluding hydrogens is 282 g/mol. The summed E-state index contributed by atoms with van der Waals surface area (Å²) in [6.07, 6.45) is 2.57. The third-order valence-corrected chi connectivity index (χ3v) is 4.13. The normalized spacial score (nSPS) is 18.4. The summed E-state index contributed by atoms with van der Waals surface area (Å²) in [5, 5.41) is 0. The number of carbonyl (C=O) groups is 2. The highest BCUT2D eigenvalue weighted by molar-refractivity contribution is 5.80. The summed E-state index contributed by atoms with van der Waals surface area (Å²) in [5.41, 5.74) is -2.41. The second-order valence-electron chi connectivity index (χ2n) is 6.17. The quantitative estimate of drug-likeness (QED) is 0.705. The van der Waals surface area contributed by atoms with Crippen molar-refractivity contribution in [2.24, 2.45) is 5.41 Å². The Bertz CT molecular complexity index is 374. The average Bonchev–Trinajstić information content (AvgIpc) is 2.45. The van der Waals surface area contributed by atoms with Crippen molar-refractivity contribution >= 4 is 11.9 Å². The second kappa shape index (κ2) is 7.18. The van der Waals surface area contributed by atoms with Crippen LogP contribution in [0.4, 0.5) is 8.78 Å². The Balaban J connectivity index is 2.48. The van der Waals surface area contributed by atoms with Crippen molar-refractivity contribution in [2.45, 2.75) is 71.3 Å². The van der Waals surface area contributed by atoms with Gasteiger partial charge >= 0.3 is 11.9 Å². The molecule has 0 atom stereocenters. The molecule has 0 bridgehead atoms. The van der Waals surface area contributed by atoms with Crippen LogP contribution in [-0.2, 0) is 19.1 Å². The minimum atomic E-state index is -2.85. The van der Waals surface area contributed by atoms with E-state index in [1.807, 2.05) is 6.92 Å². The molecule has 1 aliphatic rings. The van der Waals surface area contributed by atoms with Gasteiger partial charge < -0.3 is 9.47 Å². The Morgan fingerprint density at radius 2 is 1.76 bits per heavy atom. The summed E-state index contributed by atoms with van der Waals surface area (Å²) in [7, 11) is 0. The summed E-state index contributed by atoms with van der Waals surface area (Å²) in [5.74, 6) is -1.76. The van der Waals surface area contributed by atoms with E-state index in [9.17, 15) is 18.4 Å². The molecule has 0 amide bonds. The second-order valence-corrected chi connectivity index (χ2v) is 6.17. The maximum atomic E-state index is 12.7. The molecule has 122 valence electrons. The molecule has 21 heavy (non-hydrogen) atoms. The third-order valence-electron chi connectivity index (χ3n) is 4.13. The van der Waals surface area contributed by atoms with Crippen LogP contribution in [0.25, 0.3) is 0 Å². The van der Waals surface area contributed by atoms with Crippen molar-refractivity contribution < 1.29 is 27.8 Å². The largest absolute Gasteiger partial charge is 0.457 e. The van der Waals surface area contributed by atoms with Gasteiger partial charge in [-0.05, 0) is 46.0 Å². The van der Waals surface area contributed by atoms with Gasteiger partial charge in [-0.3, -0.25) is 4.79 Å². The Morgan fingerprint density at radius 1 is 1.19 bits per heavy atom. The van der Waals surface area contributed by atoms with Gasteiger partial charge in [-0.25, -0.2) is 13.6 Å². The summed E-state index contributed by atoms with van der Waals surface area (Å²) in [6, 6.07) is 0. The van der Waals surface area contributed by atoms with E-state index in [0.717, 1.165) is 46.0 Å². The topological polar surface area (TPSA) is 52.6 Å². The standard InChI is InChI=1S/C15H24F2O4/c1-4-15(8-6-5-7-9-15)21-11(18)10-20-13(19)14(2,3)12(16)17/h12H,4-10H2,1-3H3. The fourth-order valence-electron chi connectivity index (χ4n) is 2.39. The molecule has 1 aliphatic carbocycles. The first kappa shape index (κ1) is 17.9. The van der Waals surface area contributed by atoms with Gasteiger partial charge in [0.2, 0.25) is 0 Å². The molecule has 1 saturated carbocycles. The first-order chi connectivity index (χ1) is 9.73. The molecule has 0 aromatic rings. The summed E-state index contributed by atoms with van der Waals surface area (Å²) < 4.78 is 35.4. The van der Waals surface area contributed by atoms with Crippen LogP contribution in [0.15, 0.2) is 0 Å². The number of halogens is 2. The molecule has 0 radical (unpaired) electrons. The van der Waals surface area contributed by atoms with Crippen molar-refractivity contribution in [3.63, 3.8) is 0 Å². The molecule has 1 fully saturated rings. The number of rotatable bonds is 6. The number of hydrogen-bond donors (Lipinski definition) is 0. The van der Waals surface area contributed by atoms with Gasteiger partial charge in [-0.2, -0.15) is 0 Å². The van der Waals surface area contributed by atoms with E-state index in [4.69, 9.17) is 4.74 Å². The molecule has 1 rings (SSSR count). The van der Waals surface area contributed by atoms with Crippen LogP contribution in [0, 0.1) is 5.41 Å². The van der Waals surface area contributed by atoms with Gasteiger partial charge in [-0.15, -0.1) is 0 Å². The minimum absolute atomic E-state index is 0.486. The Hall–Kier alpha value is -1.20. The summed E-state index contributed by atoms with van der Waals surface area (Å²) in [6.45, 7) is 3.50. The molecule has 6 heteroatoms. The smallest absolute Gasteiger partial charge is 0.344 e. The predicted octanol–water partition coefficient (Wildman–Crippen LogP) is 3.48. The first-order valence-electron chi connectivity index (χ1n) is 7.41. The molecule has 0 saturated heterocycles. The average molecular weight is 306 g/mol. The van der Waals surface area contributed by atoms with Gasteiger partial charge in [0.15, 0.2) is 6.61 Å². The highest BCUT2D eigenvalue weighted by atomic mass is 19.3. The van der Waals surface area contributed by atoms with Crippen LogP contribution in [0.2, 0.25) is 0 Å². The fourth-order valence-corrected chi connectivity index (χ4v) is 2.39. The lowest BCUT2D eigenvalue weighted by Gasteiger charge is -2.36. The van der Waals surface area contributed by atoms with Crippen molar-refractivity contribution in [1.82, 2.24) is 0 Å². The third kappa shape index (κ3) is 4.64. The van der Waals surface area contributed by atoms with Crippen LogP contribution in [0.1, 0.15) is 59.3 Å². The van der Waals surface area contributed by atoms with E-state index in [2.05, 4.69) is 4.74 Å². The van der Waals surface area contributed by atoms with Crippen LogP contribution < -0.4 is 0 Å². The monoisotopic (exact) mass is 306 g/mol. The van der Waals surface area contributed by atoms with Crippen LogP contribution in [0.5, 0.6) is 0 Å². The number of alkyl halides is 2. The van der Waals surface area contributed by atoms with E-state index in [1.54, 1.807) is 0 Å². The first-order valence-corrected chi connectivity index (χ1v) is 7.41. The lowest BCUT2D eigenvalue weighted by molar-refractivity contribution is -0.179. The van der Waals surface area contributed by atoms with Gasteiger partial charge in [0.25, 0.3) is 6.43 Å². The zero-order valence-corrected chi connectivity index (χ0v) is 12.9. The van der Waals surface area contributed by atoms with Gasteiger partial charge in [0.1, 0.15) is 11.0 Å². The van der Waals surface area contributed by atoms with Gasteiger partial charge in [0, 0.05) is 0 Å². The number of ether oxygens (including phenoxy) is 2. The molecule has 0 aliphatic heterocycles. The van der Waals surface area contributed by atoms with Crippen LogP contribution in [0.3, 0.4) is 0 Å². The van der Waals surface area contributed by atoms with Crippen molar-refractivity contribution in [3.8, 4) is 0 Å². The maximum Gasteiger partial charge on any atom is 0.344 e. The molecule has 0 unspecified atom stereocenters. The SMILES string of the molecule is CCC1(OC(=O)COC(=O)C(C)(C)C(F)F)CCCCC1. The zero-order chi connectivity index (χ0) is 16.1. The maximum absolute atomic E-state index is 12.7. The molecule has 4 nitrogen and oxygen atoms in total. The lowest BCUT2D eigenvalue weighted by Crippen LogP contribution is -2.39. The number of esters is 2. The molecule has 0 N–H and O–H groups in total.